The van der Waals surface area contributed by atoms with Gasteiger partial charge in [-0.1, -0.05) is 19.6 Å². The average molecular weight is 138 g/mol. The number of amidine groups is 1. The third kappa shape index (κ3) is 3.89. The maximum Gasteiger partial charge on any atom is 0.0996 e. The van der Waals surface area contributed by atoms with Crippen molar-refractivity contribution in [2.24, 2.45) is 4.99 Å². The van der Waals surface area contributed by atoms with Crippen molar-refractivity contribution in [2.45, 2.75) is 13.3 Å². The predicted octanol–water partition coefficient (Wildman–Crippen LogP) is 1.71. The summed E-state index contributed by atoms with van der Waals surface area (Å²) in [6, 6.07) is 0. The minimum Gasteiger partial charge on any atom is -0.350 e. The van der Waals surface area contributed by atoms with Gasteiger partial charge in [-0.2, -0.15) is 0 Å². The summed E-state index contributed by atoms with van der Waals surface area (Å²) in [4.78, 5) is 4.00. The molecule has 0 saturated heterocycles. The highest BCUT2D eigenvalue weighted by Crippen LogP contribution is 1.79. The van der Waals surface area contributed by atoms with E-state index in [0.717, 1.165) is 12.3 Å². The van der Waals surface area contributed by atoms with Gasteiger partial charge in [0.05, 0.1) is 5.84 Å². The maximum absolute atomic E-state index is 4.00. The molecular weight excluding hydrogens is 124 g/mol. The molecule has 0 aliphatic heterocycles. The van der Waals surface area contributed by atoms with E-state index in [9.17, 15) is 0 Å². The van der Waals surface area contributed by atoms with Crippen LogP contribution in [0.2, 0.25) is 0 Å². The van der Waals surface area contributed by atoms with Crippen LogP contribution >= 0.6 is 0 Å². The van der Waals surface area contributed by atoms with E-state index in [1.54, 1.807) is 13.1 Å². The predicted molar refractivity (Wildman–Crippen MR) is 46.1 cm³/mol. The molecule has 0 rings (SSSR count). The lowest BCUT2D eigenvalue weighted by molar-refractivity contribution is 1.11. The summed E-state index contributed by atoms with van der Waals surface area (Å²) < 4.78 is 0. The fourth-order valence-electron chi connectivity index (χ4n) is 0.537. The average Bonchev–Trinajstić information content (AvgIpc) is 1.99. The van der Waals surface area contributed by atoms with E-state index in [1.807, 2.05) is 12.3 Å². The number of nitrogens with zero attached hydrogens (tertiary/aromatic N) is 1. The van der Waals surface area contributed by atoms with E-state index in [1.165, 1.54) is 0 Å². The second-order valence-electron chi connectivity index (χ2n) is 1.76. The van der Waals surface area contributed by atoms with Crippen molar-refractivity contribution in [1.82, 2.24) is 5.32 Å². The van der Waals surface area contributed by atoms with Gasteiger partial charge in [0.15, 0.2) is 0 Å². The monoisotopic (exact) mass is 138 g/mol. The highest BCUT2D eigenvalue weighted by Gasteiger charge is 1.85. The van der Waals surface area contributed by atoms with Crippen LogP contribution in [0.25, 0.3) is 0 Å². The van der Waals surface area contributed by atoms with E-state index >= 15 is 0 Å². The normalized spacial score (nSPS) is 12.0. The van der Waals surface area contributed by atoms with Crippen LogP contribution in [-0.2, 0) is 0 Å². The van der Waals surface area contributed by atoms with Crippen molar-refractivity contribution < 1.29 is 0 Å². The smallest absolute Gasteiger partial charge is 0.0996 e. The molecule has 10 heavy (non-hydrogen) atoms. The highest BCUT2D eigenvalue weighted by molar-refractivity contribution is 5.82. The molecule has 0 aromatic carbocycles. The Bertz CT molecular complexity index is 145. The molecule has 56 valence electrons. The first-order chi connectivity index (χ1) is 4.85. The summed E-state index contributed by atoms with van der Waals surface area (Å²) in [5.41, 5.74) is 0. The first-order valence-electron chi connectivity index (χ1n) is 3.35. The standard InChI is InChI=1S/C8H14N2/c1-4-6-7-10-8(5-2)9-3/h4,6-7H,1,5H2,2-3H3,(H,9,10)/b7-6+. The van der Waals surface area contributed by atoms with Gasteiger partial charge < -0.3 is 5.32 Å². The number of rotatable bonds is 3. The third-order valence-corrected chi connectivity index (χ3v) is 1.09. The highest BCUT2D eigenvalue weighted by atomic mass is 15.0. The Labute approximate surface area is 62.4 Å². The summed E-state index contributed by atoms with van der Waals surface area (Å²) in [5.74, 6) is 0.984. The molecule has 0 aromatic heterocycles. The SMILES string of the molecule is C=C/C=C/NC(CC)=NC. The molecule has 0 unspecified atom stereocenters. The number of hydrogen-bond donors (Lipinski definition) is 1. The van der Waals surface area contributed by atoms with Crippen LogP contribution in [0.15, 0.2) is 29.9 Å². The second kappa shape index (κ2) is 6.08. The van der Waals surface area contributed by atoms with Crippen molar-refractivity contribution in [3.63, 3.8) is 0 Å². The number of allylic oxidation sites excluding steroid dienone is 2. The van der Waals surface area contributed by atoms with Gasteiger partial charge in [-0.25, -0.2) is 0 Å². The maximum atomic E-state index is 4.00. The van der Waals surface area contributed by atoms with Gasteiger partial charge in [-0.3, -0.25) is 4.99 Å². The summed E-state index contributed by atoms with van der Waals surface area (Å²) in [5, 5.41) is 3.02. The van der Waals surface area contributed by atoms with Gasteiger partial charge in [0.25, 0.3) is 0 Å². The Morgan fingerprint density at radius 2 is 2.40 bits per heavy atom. The Hall–Kier alpha value is -1.05. The molecule has 0 aliphatic carbocycles. The van der Waals surface area contributed by atoms with Crippen LogP contribution in [0, 0.1) is 0 Å². The van der Waals surface area contributed by atoms with Gasteiger partial charge in [-0.05, 0) is 6.08 Å². The number of nitrogens with one attached hydrogen (secondary N) is 1. The van der Waals surface area contributed by atoms with E-state index in [-0.39, 0.29) is 0 Å². The van der Waals surface area contributed by atoms with Gasteiger partial charge in [-0.15, -0.1) is 0 Å². The fraction of sp³-hybridized carbons (Fsp3) is 0.375. The van der Waals surface area contributed by atoms with E-state index in [2.05, 4.69) is 23.8 Å². The molecule has 1 N–H and O–H groups in total. The lowest BCUT2D eigenvalue weighted by Crippen LogP contribution is -2.15. The Morgan fingerprint density at radius 3 is 2.80 bits per heavy atom. The molecule has 0 saturated carbocycles. The van der Waals surface area contributed by atoms with E-state index < -0.39 is 0 Å². The minimum atomic E-state index is 0.929. The molecule has 0 aromatic rings. The zero-order valence-electron chi connectivity index (χ0n) is 6.59. The van der Waals surface area contributed by atoms with Gasteiger partial charge >= 0.3 is 0 Å². The molecule has 0 spiro atoms. The summed E-state index contributed by atoms with van der Waals surface area (Å²) in [6.45, 7) is 5.60. The fourth-order valence-corrected chi connectivity index (χ4v) is 0.537. The topological polar surface area (TPSA) is 24.4 Å². The van der Waals surface area contributed by atoms with Gasteiger partial charge in [0.2, 0.25) is 0 Å². The van der Waals surface area contributed by atoms with Crippen molar-refractivity contribution >= 4 is 5.84 Å². The third-order valence-electron chi connectivity index (χ3n) is 1.09. The first-order valence-corrected chi connectivity index (χ1v) is 3.35. The van der Waals surface area contributed by atoms with E-state index in [4.69, 9.17) is 0 Å². The van der Waals surface area contributed by atoms with Crippen LogP contribution in [0.3, 0.4) is 0 Å². The first kappa shape index (κ1) is 8.95. The van der Waals surface area contributed by atoms with Crippen LogP contribution in [0.1, 0.15) is 13.3 Å². The van der Waals surface area contributed by atoms with Crippen LogP contribution < -0.4 is 5.32 Å². The summed E-state index contributed by atoms with van der Waals surface area (Å²) >= 11 is 0. The summed E-state index contributed by atoms with van der Waals surface area (Å²) in [7, 11) is 1.77. The largest absolute Gasteiger partial charge is 0.350 e. The second-order valence-corrected chi connectivity index (χ2v) is 1.76. The molecule has 0 amide bonds. The van der Waals surface area contributed by atoms with Gasteiger partial charge in [0.1, 0.15) is 0 Å². The van der Waals surface area contributed by atoms with Crippen molar-refractivity contribution in [1.29, 1.82) is 0 Å². The van der Waals surface area contributed by atoms with E-state index in [0.29, 0.717) is 0 Å². The lowest BCUT2D eigenvalue weighted by atomic mass is 10.4. The molecular formula is C8H14N2. The van der Waals surface area contributed by atoms with Crippen LogP contribution in [-0.4, -0.2) is 12.9 Å². The summed E-state index contributed by atoms with van der Waals surface area (Å²) in [6.07, 6.45) is 6.30. The molecule has 0 bridgehead atoms. The molecule has 0 fully saturated rings. The molecule has 2 nitrogen and oxygen atoms in total. The lowest BCUT2D eigenvalue weighted by Gasteiger charge is -1.98. The van der Waals surface area contributed by atoms with Crippen molar-refractivity contribution in [2.75, 3.05) is 7.05 Å². The van der Waals surface area contributed by atoms with Gasteiger partial charge in [0, 0.05) is 19.7 Å². The van der Waals surface area contributed by atoms with Crippen molar-refractivity contribution in [3.8, 4) is 0 Å². The molecule has 0 aliphatic rings. The molecule has 0 radical (unpaired) electrons. The number of aliphatic imine (C=N–C) groups is 1. The Morgan fingerprint density at radius 1 is 1.70 bits per heavy atom. The Kier molecular flexibility index (Phi) is 5.44. The Balaban J connectivity index is 3.65. The molecule has 0 heterocycles. The zero-order chi connectivity index (χ0) is 7.82. The quantitative estimate of drug-likeness (QED) is 0.358. The minimum absolute atomic E-state index is 0.929. The zero-order valence-corrected chi connectivity index (χ0v) is 6.59. The van der Waals surface area contributed by atoms with Crippen LogP contribution in [0.4, 0.5) is 0 Å². The molecule has 0 atom stereocenters. The molecule has 2 heteroatoms. The van der Waals surface area contributed by atoms with Crippen LogP contribution in [0.5, 0.6) is 0 Å². The number of hydrogen-bond acceptors (Lipinski definition) is 1. The van der Waals surface area contributed by atoms with Crippen molar-refractivity contribution in [3.05, 3.63) is 24.9 Å².